The Balaban J connectivity index is 1.10. The molecule has 2 aromatic rings. The van der Waals surface area contributed by atoms with Crippen LogP contribution in [0.1, 0.15) is 53.6 Å². The van der Waals surface area contributed by atoms with E-state index in [9.17, 15) is 9.59 Å². The number of carbonyl (C=O) groups excluding carboxylic acids is 2. The van der Waals surface area contributed by atoms with Crippen molar-refractivity contribution < 1.29 is 19.1 Å². The standard InChI is InChI=1S/C24H31N5O4S/c25-21(30)20-22(33-14-16-1-2-17-8-12-32-19(17)13-16)28-34-23(20)27-24(31)26-9-5-15-6-10-29(11-7-15)18-3-4-18/h1-2,13,15,18H,3-12,14H2,(H2,25,30)(H2,26,27,31). The second kappa shape index (κ2) is 10.2. The summed E-state index contributed by atoms with van der Waals surface area (Å²) in [7, 11) is 0. The molecule has 5 rings (SSSR count). The lowest BCUT2D eigenvalue weighted by Crippen LogP contribution is -2.37. The van der Waals surface area contributed by atoms with Crippen LogP contribution in [0.25, 0.3) is 0 Å². The third-order valence-electron chi connectivity index (χ3n) is 6.82. The minimum Gasteiger partial charge on any atom is -0.493 e. The zero-order valence-corrected chi connectivity index (χ0v) is 20.0. The quantitative estimate of drug-likeness (QED) is 0.502. The lowest BCUT2D eigenvalue weighted by atomic mass is 9.93. The number of nitrogens with one attached hydrogen (secondary N) is 2. The van der Waals surface area contributed by atoms with Gasteiger partial charge in [0.2, 0.25) is 5.88 Å². The number of urea groups is 1. The summed E-state index contributed by atoms with van der Waals surface area (Å²) in [6, 6.07) is 6.38. The van der Waals surface area contributed by atoms with Crippen LogP contribution in [-0.4, -0.2) is 53.5 Å². The highest BCUT2D eigenvalue weighted by atomic mass is 32.1. The fraction of sp³-hybridized carbons (Fsp3) is 0.542. The van der Waals surface area contributed by atoms with Gasteiger partial charge in [-0.3, -0.25) is 10.1 Å². The van der Waals surface area contributed by atoms with Gasteiger partial charge in [0.15, 0.2) is 0 Å². The number of nitrogens with zero attached hydrogens (tertiary/aromatic N) is 2. The summed E-state index contributed by atoms with van der Waals surface area (Å²) < 4.78 is 15.6. The van der Waals surface area contributed by atoms with Crippen LogP contribution in [0.2, 0.25) is 0 Å². The van der Waals surface area contributed by atoms with Gasteiger partial charge in [0.05, 0.1) is 6.61 Å². The van der Waals surface area contributed by atoms with Crippen molar-refractivity contribution in [1.82, 2.24) is 14.6 Å². The predicted molar refractivity (Wildman–Crippen MR) is 130 cm³/mol. The molecule has 1 aromatic carbocycles. The van der Waals surface area contributed by atoms with E-state index in [1.807, 2.05) is 18.2 Å². The fourth-order valence-electron chi connectivity index (χ4n) is 4.71. The van der Waals surface area contributed by atoms with Gasteiger partial charge < -0.3 is 25.4 Å². The smallest absolute Gasteiger partial charge is 0.319 e. The summed E-state index contributed by atoms with van der Waals surface area (Å²) in [5.41, 5.74) is 7.73. The van der Waals surface area contributed by atoms with Gasteiger partial charge in [0.25, 0.3) is 5.91 Å². The van der Waals surface area contributed by atoms with E-state index in [0.717, 1.165) is 41.7 Å². The fourth-order valence-corrected chi connectivity index (χ4v) is 5.45. The van der Waals surface area contributed by atoms with E-state index >= 15 is 0 Å². The highest BCUT2D eigenvalue weighted by molar-refractivity contribution is 7.11. The number of benzene rings is 1. The molecule has 3 heterocycles. The summed E-state index contributed by atoms with van der Waals surface area (Å²) >= 11 is 0.980. The number of anilines is 1. The number of nitrogens with two attached hydrogens (primary N) is 1. The Bertz CT molecular complexity index is 1050. The van der Waals surface area contributed by atoms with Crippen LogP contribution >= 0.6 is 11.5 Å². The third-order valence-corrected chi connectivity index (χ3v) is 7.57. The molecule has 182 valence electrons. The Morgan fingerprint density at radius 3 is 2.82 bits per heavy atom. The van der Waals surface area contributed by atoms with Crippen LogP contribution < -0.4 is 25.8 Å². The molecule has 34 heavy (non-hydrogen) atoms. The summed E-state index contributed by atoms with van der Waals surface area (Å²) in [5, 5.41) is 5.89. The molecule has 2 fully saturated rings. The molecule has 1 saturated heterocycles. The molecule has 10 heteroatoms. The maximum Gasteiger partial charge on any atom is 0.319 e. The van der Waals surface area contributed by atoms with Crippen LogP contribution in [0.5, 0.6) is 11.6 Å². The van der Waals surface area contributed by atoms with Crippen molar-refractivity contribution in [2.24, 2.45) is 11.7 Å². The summed E-state index contributed by atoms with van der Waals surface area (Å²) in [6.45, 7) is 3.84. The number of carbonyl (C=O) groups is 2. The van der Waals surface area contributed by atoms with Gasteiger partial charge in [0.1, 0.15) is 22.9 Å². The maximum atomic E-state index is 12.4. The Labute approximate surface area is 203 Å². The monoisotopic (exact) mass is 485 g/mol. The Hall–Kier alpha value is -2.85. The van der Waals surface area contributed by atoms with Crippen molar-refractivity contribution >= 4 is 28.5 Å². The van der Waals surface area contributed by atoms with E-state index in [0.29, 0.717) is 19.1 Å². The highest BCUT2D eigenvalue weighted by Gasteiger charge is 2.31. The molecular formula is C24H31N5O4S. The topological polar surface area (TPSA) is 119 Å². The first-order chi connectivity index (χ1) is 16.6. The van der Waals surface area contributed by atoms with Gasteiger partial charge >= 0.3 is 6.03 Å². The van der Waals surface area contributed by atoms with Crippen LogP contribution in [0, 0.1) is 5.92 Å². The van der Waals surface area contributed by atoms with Crippen LogP contribution in [0.4, 0.5) is 9.80 Å². The second-order valence-corrected chi connectivity index (χ2v) is 10.0. The average molecular weight is 486 g/mol. The van der Waals surface area contributed by atoms with Gasteiger partial charge in [-0.15, -0.1) is 0 Å². The first kappa shape index (κ1) is 22.9. The first-order valence-electron chi connectivity index (χ1n) is 12.0. The molecule has 2 aliphatic heterocycles. The lowest BCUT2D eigenvalue weighted by Gasteiger charge is -2.32. The number of likely N-dealkylation sites (tertiary alicyclic amines) is 1. The minimum absolute atomic E-state index is 0.0880. The highest BCUT2D eigenvalue weighted by Crippen LogP contribution is 2.33. The number of rotatable bonds is 9. The molecule has 1 saturated carbocycles. The van der Waals surface area contributed by atoms with E-state index in [4.69, 9.17) is 15.2 Å². The van der Waals surface area contributed by atoms with Crippen molar-refractivity contribution in [3.05, 3.63) is 34.9 Å². The molecule has 0 spiro atoms. The SMILES string of the molecule is NC(=O)c1c(OCc2ccc3c(c2)OCC3)nsc1NC(=O)NCCC1CCN(C2CC2)CC1. The van der Waals surface area contributed by atoms with Crippen molar-refractivity contribution in [3.63, 3.8) is 0 Å². The van der Waals surface area contributed by atoms with Crippen molar-refractivity contribution in [3.8, 4) is 11.6 Å². The minimum atomic E-state index is -0.696. The van der Waals surface area contributed by atoms with Gasteiger partial charge in [0, 0.05) is 19.0 Å². The molecule has 1 aromatic heterocycles. The molecule has 3 aliphatic rings. The average Bonchev–Trinajstić information content (AvgIpc) is 3.44. The lowest BCUT2D eigenvalue weighted by molar-refractivity contribution is 0.0996. The maximum absolute atomic E-state index is 12.4. The molecular weight excluding hydrogens is 454 g/mol. The Morgan fingerprint density at radius 2 is 2.06 bits per heavy atom. The molecule has 9 nitrogen and oxygen atoms in total. The Kier molecular flexibility index (Phi) is 6.87. The van der Waals surface area contributed by atoms with Gasteiger partial charge in [-0.1, -0.05) is 12.1 Å². The first-order valence-corrected chi connectivity index (χ1v) is 12.8. The zero-order chi connectivity index (χ0) is 23.5. The summed E-state index contributed by atoms with van der Waals surface area (Å²) in [6.07, 6.45) is 6.95. The van der Waals surface area contributed by atoms with Gasteiger partial charge in [-0.25, -0.2) is 4.79 Å². The summed E-state index contributed by atoms with van der Waals surface area (Å²) in [4.78, 5) is 27.1. The van der Waals surface area contributed by atoms with Crippen molar-refractivity contribution in [2.75, 3.05) is 31.6 Å². The van der Waals surface area contributed by atoms with Gasteiger partial charge in [-0.2, -0.15) is 4.37 Å². The van der Waals surface area contributed by atoms with E-state index in [1.54, 1.807) is 0 Å². The van der Waals surface area contributed by atoms with Crippen LogP contribution in [0.3, 0.4) is 0 Å². The third kappa shape index (κ3) is 5.44. The van der Waals surface area contributed by atoms with Crippen LogP contribution in [-0.2, 0) is 13.0 Å². The molecule has 0 radical (unpaired) electrons. The summed E-state index contributed by atoms with van der Waals surface area (Å²) in [5.74, 6) is 0.932. The number of aromatic nitrogens is 1. The molecule has 3 amide bonds. The molecule has 1 aliphatic carbocycles. The number of piperidine rings is 1. The number of primary amides is 1. The van der Waals surface area contributed by atoms with Crippen LogP contribution in [0.15, 0.2) is 18.2 Å². The predicted octanol–water partition coefficient (Wildman–Crippen LogP) is 3.14. The number of hydrogen-bond acceptors (Lipinski definition) is 7. The van der Waals surface area contributed by atoms with E-state index in [-0.39, 0.29) is 29.1 Å². The molecule has 0 unspecified atom stereocenters. The largest absolute Gasteiger partial charge is 0.493 e. The van der Waals surface area contributed by atoms with E-state index in [2.05, 4.69) is 19.9 Å². The number of ether oxygens (including phenoxy) is 2. The van der Waals surface area contributed by atoms with E-state index < -0.39 is 5.91 Å². The number of fused-ring (bicyclic) bond motifs is 1. The van der Waals surface area contributed by atoms with E-state index in [1.165, 1.54) is 44.3 Å². The van der Waals surface area contributed by atoms with Crippen molar-refractivity contribution in [2.45, 2.75) is 51.2 Å². The molecule has 0 bridgehead atoms. The second-order valence-electron chi connectivity index (χ2n) is 9.27. The zero-order valence-electron chi connectivity index (χ0n) is 19.2. The number of hydrogen-bond donors (Lipinski definition) is 3. The number of amides is 3. The molecule has 4 N–H and O–H groups in total. The molecule has 0 atom stereocenters. The Morgan fingerprint density at radius 1 is 1.24 bits per heavy atom. The van der Waals surface area contributed by atoms with Crippen molar-refractivity contribution in [1.29, 1.82) is 0 Å². The van der Waals surface area contributed by atoms with Gasteiger partial charge in [-0.05, 0) is 79.8 Å². The normalized spacial score (nSPS) is 18.2.